The lowest BCUT2D eigenvalue weighted by Crippen LogP contribution is -1.98. The fraction of sp³-hybridized carbons (Fsp3) is 0.250. The smallest absolute Gasteiger partial charge is 0.185 e. The number of rotatable bonds is 3. The minimum absolute atomic E-state index is 0.00502. The molecule has 2 heteroatoms. The lowest BCUT2D eigenvalue weighted by Gasteiger charge is -2.07. The predicted octanol–water partition coefficient (Wildman–Crippen LogP) is 4.83. The highest BCUT2D eigenvalue weighted by Crippen LogP contribution is 2.23. The molecular weight excluding hydrogens is 272 g/mol. The predicted molar refractivity (Wildman–Crippen MR) is 91.6 cm³/mol. The van der Waals surface area contributed by atoms with E-state index in [-0.39, 0.29) is 5.78 Å². The Bertz CT molecular complexity index is 721. The highest BCUT2D eigenvalue weighted by molar-refractivity contribution is 6.07. The third-order valence-corrected chi connectivity index (χ3v) is 4.15. The average molecular weight is 294 g/mol. The maximum atomic E-state index is 12.3. The van der Waals surface area contributed by atoms with Crippen molar-refractivity contribution in [3.8, 4) is 5.75 Å². The van der Waals surface area contributed by atoms with Gasteiger partial charge in [-0.1, -0.05) is 6.08 Å². The molecule has 2 aromatic rings. The summed E-state index contributed by atoms with van der Waals surface area (Å²) >= 11 is 0. The summed E-state index contributed by atoms with van der Waals surface area (Å²) in [7, 11) is 0. The van der Waals surface area contributed by atoms with Crippen LogP contribution in [0.4, 0.5) is 0 Å². The molecule has 2 aromatic carbocycles. The number of phenols is 1. The third-order valence-electron chi connectivity index (χ3n) is 4.15. The van der Waals surface area contributed by atoms with E-state index >= 15 is 0 Å². The van der Waals surface area contributed by atoms with Crippen LogP contribution < -0.4 is 0 Å². The molecular formula is C20H22O2. The quantitative estimate of drug-likeness (QED) is 0.650. The molecule has 0 unspecified atom stereocenters. The van der Waals surface area contributed by atoms with E-state index in [0.717, 1.165) is 27.8 Å². The largest absolute Gasteiger partial charge is 0.507 e. The lowest BCUT2D eigenvalue weighted by atomic mass is 9.98. The van der Waals surface area contributed by atoms with Crippen molar-refractivity contribution in [3.63, 3.8) is 0 Å². The third kappa shape index (κ3) is 3.28. The minimum atomic E-state index is -0.00502. The zero-order valence-corrected chi connectivity index (χ0v) is 13.8. The van der Waals surface area contributed by atoms with Gasteiger partial charge in [-0.25, -0.2) is 0 Å². The Kier molecular flexibility index (Phi) is 4.51. The SMILES string of the molecule is Cc1cc(C(=O)C=Cc2cc(C)c(O)c(C)c2)cc(C)c1C. The highest BCUT2D eigenvalue weighted by Gasteiger charge is 2.07. The van der Waals surface area contributed by atoms with Crippen molar-refractivity contribution in [1.82, 2.24) is 0 Å². The monoisotopic (exact) mass is 294 g/mol. The van der Waals surface area contributed by atoms with Crippen LogP contribution in [0.2, 0.25) is 0 Å². The Morgan fingerprint density at radius 1 is 0.864 bits per heavy atom. The van der Waals surface area contributed by atoms with E-state index in [2.05, 4.69) is 6.92 Å². The zero-order chi connectivity index (χ0) is 16.4. The molecule has 0 saturated heterocycles. The Morgan fingerprint density at radius 2 is 1.36 bits per heavy atom. The summed E-state index contributed by atoms with van der Waals surface area (Å²) in [6.07, 6.45) is 3.39. The van der Waals surface area contributed by atoms with E-state index in [9.17, 15) is 9.90 Å². The molecule has 0 heterocycles. The molecule has 0 aliphatic carbocycles. The normalized spacial score (nSPS) is 11.1. The number of carbonyl (C=O) groups is 1. The standard InChI is InChI=1S/C20H22O2/c1-12-10-18(11-13(2)16(12)5)19(21)7-6-17-8-14(3)20(22)15(4)9-17/h6-11,22H,1-5H3. The maximum absolute atomic E-state index is 12.3. The number of aromatic hydroxyl groups is 1. The zero-order valence-electron chi connectivity index (χ0n) is 13.8. The van der Waals surface area contributed by atoms with Crippen molar-refractivity contribution < 1.29 is 9.90 Å². The highest BCUT2D eigenvalue weighted by atomic mass is 16.3. The van der Waals surface area contributed by atoms with Crippen molar-refractivity contribution in [1.29, 1.82) is 0 Å². The van der Waals surface area contributed by atoms with Crippen LogP contribution >= 0.6 is 0 Å². The van der Waals surface area contributed by atoms with E-state index in [1.54, 1.807) is 12.2 Å². The number of hydrogen-bond donors (Lipinski definition) is 1. The van der Waals surface area contributed by atoms with Gasteiger partial charge in [0.05, 0.1) is 0 Å². The van der Waals surface area contributed by atoms with Crippen molar-refractivity contribution in [3.05, 3.63) is 69.3 Å². The summed E-state index contributed by atoms with van der Waals surface area (Å²) in [5.41, 5.74) is 6.75. The fourth-order valence-corrected chi connectivity index (χ4v) is 2.53. The number of carbonyl (C=O) groups excluding carboxylic acids is 1. The number of benzene rings is 2. The lowest BCUT2D eigenvalue weighted by molar-refractivity contribution is 0.104. The molecule has 114 valence electrons. The molecule has 0 aliphatic rings. The molecule has 2 rings (SSSR count). The maximum Gasteiger partial charge on any atom is 0.185 e. The number of allylic oxidation sites excluding steroid dienone is 1. The Hall–Kier alpha value is -2.35. The number of hydrogen-bond acceptors (Lipinski definition) is 2. The first-order chi connectivity index (χ1) is 10.3. The topological polar surface area (TPSA) is 37.3 Å². The first-order valence-corrected chi connectivity index (χ1v) is 7.40. The second kappa shape index (κ2) is 6.18. The van der Waals surface area contributed by atoms with Crippen LogP contribution in [-0.4, -0.2) is 10.9 Å². The molecule has 0 fully saturated rings. The molecule has 1 N–H and O–H groups in total. The molecule has 0 radical (unpaired) electrons. The van der Waals surface area contributed by atoms with Gasteiger partial charge in [-0.05, 0) is 98.3 Å². The summed E-state index contributed by atoms with van der Waals surface area (Å²) < 4.78 is 0. The van der Waals surface area contributed by atoms with Gasteiger partial charge in [-0.3, -0.25) is 4.79 Å². The van der Waals surface area contributed by atoms with E-state index < -0.39 is 0 Å². The van der Waals surface area contributed by atoms with Gasteiger partial charge in [-0.2, -0.15) is 0 Å². The van der Waals surface area contributed by atoms with E-state index in [4.69, 9.17) is 0 Å². The summed E-state index contributed by atoms with van der Waals surface area (Å²) in [4.78, 5) is 12.3. The number of phenolic OH excluding ortho intramolecular Hbond substituents is 1. The van der Waals surface area contributed by atoms with Gasteiger partial charge < -0.3 is 5.11 Å². The van der Waals surface area contributed by atoms with Crippen LogP contribution in [0, 0.1) is 34.6 Å². The van der Waals surface area contributed by atoms with Crippen LogP contribution in [0.1, 0.15) is 43.7 Å². The summed E-state index contributed by atoms with van der Waals surface area (Å²) in [5, 5.41) is 9.78. The van der Waals surface area contributed by atoms with Crippen LogP contribution in [0.25, 0.3) is 6.08 Å². The van der Waals surface area contributed by atoms with Crippen molar-refractivity contribution in [2.24, 2.45) is 0 Å². The van der Waals surface area contributed by atoms with Gasteiger partial charge in [0.2, 0.25) is 0 Å². The number of ketones is 1. The Morgan fingerprint density at radius 3 is 1.86 bits per heavy atom. The van der Waals surface area contributed by atoms with Gasteiger partial charge in [0.15, 0.2) is 5.78 Å². The minimum Gasteiger partial charge on any atom is -0.507 e. The van der Waals surface area contributed by atoms with E-state index in [1.165, 1.54) is 5.56 Å². The Balaban J connectivity index is 2.29. The van der Waals surface area contributed by atoms with Crippen LogP contribution in [0.15, 0.2) is 30.3 Å². The van der Waals surface area contributed by atoms with Crippen LogP contribution in [0.5, 0.6) is 5.75 Å². The van der Waals surface area contributed by atoms with Crippen molar-refractivity contribution in [2.75, 3.05) is 0 Å². The van der Waals surface area contributed by atoms with Crippen molar-refractivity contribution in [2.45, 2.75) is 34.6 Å². The first-order valence-electron chi connectivity index (χ1n) is 7.40. The molecule has 0 saturated carbocycles. The van der Waals surface area contributed by atoms with Crippen molar-refractivity contribution >= 4 is 11.9 Å². The van der Waals surface area contributed by atoms with Crippen LogP contribution in [0.3, 0.4) is 0 Å². The second-order valence-corrected chi connectivity index (χ2v) is 5.94. The fourth-order valence-electron chi connectivity index (χ4n) is 2.53. The Labute approximate surface area is 132 Å². The summed E-state index contributed by atoms with van der Waals surface area (Å²) in [5.74, 6) is 0.308. The van der Waals surface area contributed by atoms with Gasteiger partial charge in [-0.15, -0.1) is 0 Å². The molecule has 2 nitrogen and oxygen atoms in total. The van der Waals surface area contributed by atoms with Gasteiger partial charge in [0, 0.05) is 5.56 Å². The molecule has 0 aromatic heterocycles. The summed E-state index contributed by atoms with van der Waals surface area (Å²) in [6, 6.07) is 7.61. The van der Waals surface area contributed by atoms with Gasteiger partial charge in [0.1, 0.15) is 5.75 Å². The molecule has 0 bridgehead atoms. The van der Waals surface area contributed by atoms with Crippen LogP contribution in [-0.2, 0) is 0 Å². The molecule has 0 spiro atoms. The van der Waals surface area contributed by atoms with Gasteiger partial charge >= 0.3 is 0 Å². The molecule has 0 amide bonds. The number of aryl methyl sites for hydroxylation is 4. The second-order valence-electron chi connectivity index (χ2n) is 5.94. The average Bonchev–Trinajstić information content (AvgIpc) is 2.47. The van der Waals surface area contributed by atoms with E-state index in [1.807, 2.05) is 52.0 Å². The first kappa shape index (κ1) is 16.0. The molecule has 0 aliphatic heterocycles. The molecule has 22 heavy (non-hydrogen) atoms. The summed E-state index contributed by atoms with van der Waals surface area (Å²) in [6.45, 7) is 9.82. The van der Waals surface area contributed by atoms with Gasteiger partial charge in [0.25, 0.3) is 0 Å². The molecule has 0 atom stereocenters. The van der Waals surface area contributed by atoms with E-state index in [0.29, 0.717) is 11.3 Å².